The Hall–Kier alpha value is -2.37. The number of benzene rings is 3. The highest BCUT2D eigenvalue weighted by Crippen LogP contribution is 2.30. The molecule has 3 aromatic carbocycles. The van der Waals surface area contributed by atoms with Crippen molar-refractivity contribution in [3.63, 3.8) is 0 Å². The van der Waals surface area contributed by atoms with E-state index in [4.69, 9.17) is 11.6 Å². The van der Waals surface area contributed by atoms with Crippen LogP contribution in [0, 0.1) is 12.7 Å². The minimum Gasteiger partial charge on any atom is -0.262 e. The Balaban J connectivity index is 2.11. The molecule has 0 saturated heterocycles. The highest BCUT2D eigenvalue weighted by molar-refractivity contribution is 7.93. The van der Waals surface area contributed by atoms with Crippen molar-refractivity contribution in [1.29, 1.82) is 0 Å². The Morgan fingerprint density at radius 3 is 2.31 bits per heavy atom. The second kappa shape index (κ2) is 7.48. The van der Waals surface area contributed by atoms with Gasteiger partial charge in [-0.2, -0.15) is 0 Å². The molecule has 0 amide bonds. The van der Waals surface area contributed by atoms with Gasteiger partial charge in [-0.1, -0.05) is 53.6 Å². The Bertz CT molecular complexity index is 1020. The fraction of sp³-hybridized carbons (Fsp3) is 0.100. The lowest BCUT2D eigenvalue weighted by molar-refractivity contribution is 0.590. The van der Waals surface area contributed by atoms with E-state index in [1.165, 1.54) is 40.7 Å². The average molecular weight is 390 g/mol. The van der Waals surface area contributed by atoms with Gasteiger partial charge < -0.3 is 0 Å². The smallest absolute Gasteiger partial charge is 0.262 e. The number of sulfonamides is 1. The van der Waals surface area contributed by atoms with Crippen LogP contribution in [0.5, 0.6) is 0 Å². The van der Waals surface area contributed by atoms with Crippen LogP contribution in [0.25, 0.3) is 0 Å². The SMILES string of the molecule is Cc1cccc(CN(c2ccc(F)cc2)S(=O)(=O)c2ccccc2Cl)c1. The summed E-state index contributed by atoms with van der Waals surface area (Å²) >= 11 is 6.13. The van der Waals surface area contributed by atoms with Crippen molar-refractivity contribution in [3.8, 4) is 0 Å². The van der Waals surface area contributed by atoms with Crippen LogP contribution in [0.15, 0.2) is 77.7 Å². The van der Waals surface area contributed by atoms with E-state index in [0.29, 0.717) is 5.69 Å². The largest absolute Gasteiger partial charge is 0.266 e. The summed E-state index contributed by atoms with van der Waals surface area (Å²) < 4.78 is 41.1. The minimum atomic E-state index is -3.93. The summed E-state index contributed by atoms with van der Waals surface area (Å²) in [5, 5.41) is 0.142. The second-order valence-electron chi connectivity index (χ2n) is 5.91. The summed E-state index contributed by atoms with van der Waals surface area (Å²) in [5.74, 6) is -0.431. The zero-order valence-electron chi connectivity index (χ0n) is 14.1. The molecule has 0 radical (unpaired) electrons. The predicted octanol–water partition coefficient (Wildman–Crippen LogP) is 5.18. The third-order valence-electron chi connectivity index (χ3n) is 3.93. The van der Waals surface area contributed by atoms with Crippen LogP contribution in [0.4, 0.5) is 10.1 Å². The molecule has 0 spiro atoms. The molecular weight excluding hydrogens is 373 g/mol. The van der Waals surface area contributed by atoms with Gasteiger partial charge in [-0.3, -0.25) is 4.31 Å². The first-order chi connectivity index (χ1) is 12.4. The van der Waals surface area contributed by atoms with Gasteiger partial charge in [0.25, 0.3) is 10.0 Å². The molecule has 134 valence electrons. The lowest BCUT2D eigenvalue weighted by Crippen LogP contribution is -2.30. The monoisotopic (exact) mass is 389 g/mol. The number of halogens is 2. The lowest BCUT2D eigenvalue weighted by Gasteiger charge is -2.25. The number of nitrogens with zero attached hydrogens (tertiary/aromatic N) is 1. The van der Waals surface area contributed by atoms with E-state index in [0.717, 1.165) is 11.1 Å². The first kappa shape index (κ1) is 18.4. The van der Waals surface area contributed by atoms with Gasteiger partial charge in [0.05, 0.1) is 17.3 Å². The number of anilines is 1. The van der Waals surface area contributed by atoms with E-state index in [1.54, 1.807) is 12.1 Å². The molecule has 0 aliphatic heterocycles. The van der Waals surface area contributed by atoms with Crippen LogP contribution >= 0.6 is 11.6 Å². The minimum absolute atomic E-state index is 0.0126. The van der Waals surface area contributed by atoms with Crippen molar-refractivity contribution < 1.29 is 12.8 Å². The van der Waals surface area contributed by atoms with Crippen LogP contribution in [0.3, 0.4) is 0 Å². The molecule has 0 aromatic heterocycles. The fourth-order valence-electron chi connectivity index (χ4n) is 2.67. The Kier molecular flexibility index (Phi) is 5.30. The number of aryl methyl sites for hydroxylation is 1. The first-order valence-electron chi connectivity index (χ1n) is 7.96. The van der Waals surface area contributed by atoms with Crippen LogP contribution in [-0.2, 0) is 16.6 Å². The summed E-state index contributed by atoms with van der Waals surface area (Å²) in [6.07, 6.45) is 0. The molecule has 0 atom stereocenters. The first-order valence-corrected chi connectivity index (χ1v) is 9.78. The van der Waals surface area contributed by atoms with Crippen molar-refractivity contribution >= 4 is 27.3 Å². The molecular formula is C20H17ClFNO2S. The van der Waals surface area contributed by atoms with Gasteiger partial charge in [-0.25, -0.2) is 12.8 Å². The Labute approximate surface area is 157 Å². The maximum Gasteiger partial charge on any atom is 0.266 e. The van der Waals surface area contributed by atoms with Gasteiger partial charge in [-0.15, -0.1) is 0 Å². The van der Waals surface area contributed by atoms with E-state index in [1.807, 2.05) is 31.2 Å². The van der Waals surface area contributed by atoms with Crippen molar-refractivity contribution in [1.82, 2.24) is 0 Å². The molecule has 0 bridgehead atoms. The van der Waals surface area contributed by atoms with E-state index in [-0.39, 0.29) is 16.5 Å². The van der Waals surface area contributed by atoms with Crippen molar-refractivity contribution in [3.05, 3.63) is 94.8 Å². The quantitative estimate of drug-likeness (QED) is 0.602. The van der Waals surface area contributed by atoms with Crippen LogP contribution in [0.2, 0.25) is 5.02 Å². The summed E-state index contributed by atoms with van der Waals surface area (Å²) in [5.41, 5.74) is 2.22. The van der Waals surface area contributed by atoms with Gasteiger partial charge in [0.15, 0.2) is 0 Å². The standard InChI is InChI=1S/C20H17ClFNO2S/c1-15-5-4-6-16(13-15)14-23(18-11-9-17(22)10-12-18)26(24,25)20-8-3-2-7-19(20)21/h2-13H,14H2,1H3. The molecule has 0 fully saturated rings. The molecule has 0 heterocycles. The van der Waals surface area contributed by atoms with Crippen LogP contribution in [0.1, 0.15) is 11.1 Å². The maximum atomic E-state index is 13.3. The molecule has 3 aromatic rings. The van der Waals surface area contributed by atoms with Gasteiger partial charge in [0.2, 0.25) is 0 Å². The zero-order valence-corrected chi connectivity index (χ0v) is 15.6. The fourth-order valence-corrected chi connectivity index (χ4v) is 4.62. The van der Waals surface area contributed by atoms with E-state index >= 15 is 0 Å². The van der Waals surface area contributed by atoms with Crippen molar-refractivity contribution in [2.45, 2.75) is 18.4 Å². The van der Waals surface area contributed by atoms with E-state index in [9.17, 15) is 12.8 Å². The molecule has 0 aliphatic rings. The summed E-state index contributed by atoms with van der Waals surface area (Å²) in [6.45, 7) is 2.05. The lowest BCUT2D eigenvalue weighted by atomic mass is 10.1. The number of hydrogen-bond donors (Lipinski definition) is 0. The van der Waals surface area contributed by atoms with E-state index in [2.05, 4.69) is 0 Å². The van der Waals surface area contributed by atoms with Gasteiger partial charge in [0.1, 0.15) is 10.7 Å². The summed E-state index contributed by atoms with van der Waals surface area (Å²) in [7, 11) is -3.93. The topological polar surface area (TPSA) is 37.4 Å². The molecule has 0 unspecified atom stereocenters. The summed E-state index contributed by atoms with van der Waals surface area (Å²) in [6, 6.07) is 19.2. The van der Waals surface area contributed by atoms with Crippen molar-refractivity contribution in [2.75, 3.05) is 4.31 Å². The Morgan fingerprint density at radius 1 is 0.962 bits per heavy atom. The Morgan fingerprint density at radius 2 is 1.65 bits per heavy atom. The second-order valence-corrected chi connectivity index (χ2v) is 8.15. The molecule has 0 aliphatic carbocycles. The number of rotatable bonds is 5. The molecule has 3 nitrogen and oxygen atoms in total. The molecule has 0 N–H and O–H groups in total. The van der Waals surface area contributed by atoms with Crippen molar-refractivity contribution in [2.24, 2.45) is 0 Å². The molecule has 0 saturated carbocycles. The normalized spacial score (nSPS) is 11.3. The average Bonchev–Trinajstić information content (AvgIpc) is 2.61. The van der Waals surface area contributed by atoms with Gasteiger partial charge in [-0.05, 0) is 48.9 Å². The molecule has 3 rings (SSSR count). The third kappa shape index (κ3) is 3.89. The summed E-state index contributed by atoms with van der Waals surface area (Å²) in [4.78, 5) is 0.0126. The van der Waals surface area contributed by atoms with E-state index < -0.39 is 15.8 Å². The highest BCUT2D eigenvalue weighted by atomic mass is 35.5. The van der Waals surface area contributed by atoms with Gasteiger partial charge in [0, 0.05) is 0 Å². The van der Waals surface area contributed by atoms with Crippen LogP contribution < -0.4 is 4.31 Å². The van der Waals surface area contributed by atoms with Crippen LogP contribution in [-0.4, -0.2) is 8.42 Å². The third-order valence-corrected chi connectivity index (χ3v) is 6.20. The molecule has 26 heavy (non-hydrogen) atoms. The maximum absolute atomic E-state index is 13.3. The highest BCUT2D eigenvalue weighted by Gasteiger charge is 2.27. The number of hydrogen-bond acceptors (Lipinski definition) is 2. The predicted molar refractivity (Wildman–Crippen MR) is 102 cm³/mol. The zero-order chi connectivity index (χ0) is 18.7. The van der Waals surface area contributed by atoms with Gasteiger partial charge >= 0.3 is 0 Å². The molecule has 6 heteroatoms.